The predicted octanol–water partition coefficient (Wildman–Crippen LogP) is 2.19. The topological polar surface area (TPSA) is 42.3 Å². The standard InChI is InChI=1S/C18H24F2N4O/c1-12-16(10-21-9-15-11-23(3)6-7-25-15)13(2)24(22-12)18-5-4-14(19)8-17(18)20/h4-5,8,15,21H,6-7,9-11H2,1-3H3/t15-/m0/s1. The van der Waals surface area contributed by atoms with E-state index in [0.29, 0.717) is 6.54 Å². The van der Waals surface area contributed by atoms with Crippen molar-refractivity contribution in [3.05, 3.63) is 46.8 Å². The molecule has 0 amide bonds. The Hall–Kier alpha value is -1.83. The maximum Gasteiger partial charge on any atom is 0.151 e. The van der Waals surface area contributed by atoms with E-state index in [-0.39, 0.29) is 11.8 Å². The van der Waals surface area contributed by atoms with Gasteiger partial charge in [0.2, 0.25) is 0 Å². The van der Waals surface area contributed by atoms with Gasteiger partial charge in [0.1, 0.15) is 11.5 Å². The van der Waals surface area contributed by atoms with Crippen molar-refractivity contribution in [1.82, 2.24) is 20.0 Å². The highest BCUT2D eigenvalue weighted by Crippen LogP contribution is 2.20. The molecule has 7 heteroatoms. The van der Waals surface area contributed by atoms with Gasteiger partial charge >= 0.3 is 0 Å². The molecule has 1 saturated heterocycles. The normalized spacial score (nSPS) is 18.7. The van der Waals surface area contributed by atoms with Crippen LogP contribution in [0.15, 0.2) is 18.2 Å². The number of hydrogen-bond acceptors (Lipinski definition) is 4. The maximum atomic E-state index is 14.1. The minimum Gasteiger partial charge on any atom is -0.374 e. The fraction of sp³-hybridized carbons (Fsp3) is 0.500. The fourth-order valence-electron chi connectivity index (χ4n) is 3.17. The molecule has 0 aliphatic carbocycles. The first-order valence-electron chi connectivity index (χ1n) is 8.47. The van der Waals surface area contributed by atoms with Gasteiger partial charge in [-0.25, -0.2) is 13.5 Å². The Morgan fingerprint density at radius 3 is 2.84 bits per heavy atom. The zero-order valence-electron chi connectivity index (χ0n) is 14.9. The van der Waals surface area contributed by atoms with Crippen LogP contribution in [0.5, 0.6) is 0 Å². The van der Waals surface area contributed by atoms with Crippen molar-refractivity contribution in [2.75, 3.05) is 33.3 Å². The average Bonchev–Trinajstić information content (AvgIpc) is 2.83. The average molecular weight is 350 g/mol. The van der Waals surface area contributed by atoms with Crippen LogP contribution in [0.1, 0.15) is 17.0 Å². The lowest BCUT2D eigenvalue weighted by Crippen LogP contribution is -2.44. The van der Waals surface area contributed by atoms with Crippen LogP contribution < -0.4 is 5.32 Å². The molecular weight excluding hydrogens is 326 g/mol. The van der Waals surface area contributed by atoms with Gasteiger partial charge < -0.3 is 15.0 Å². The second-order valence-electron chi connectivity index (χ2n) is 6.54. The third kappa shape index (κ3) is 4.05. The second-order valence-corrected chi connectivity index (χ2v) is 6.54. The molecule has 25 heavy (non-hydrogen) atoms. The highest BCUT2D eigenvalue weighted by atomic mass is 19.1. The van der Waals surface area contributed by atoms with E-state index >= 15 is 0 Å². The minimum absolute atomic E-state index is 0.170. The van der Waals surface area contributed by atoms with Crippen molar-refractivity contribution in [2.24, 2.45) is 0 Å². The van der Waals surface area contributed by atoms with Crippen LogP contribution >= 0.6 is 0 Å². The predicted molar refractivity (Wildman–Crippen MR) is 91.9 cm³/mol. The molecule has 0 spiro atoms. The van der Waals surface area contributed by atoms with E-state index in [1.54, 1.807) is 0 Å². The lowest BCUT2D eigenvalue weighted by Gasteiger charge is -2.30. The number of rotatable bonds is 5. The Kier molecular flexibility index (Phi) is 5.46. The van der Waals surface area contributed by atoms with E-state index in [9.17, 15) is 8.78 Å². The summed E-state index contributed by atoms with van der Waals surface area (Å²) in [6.07, 6.45) is 0.170. The van der Waals surface area contributed by atoms with Crippen LogP contribution in [0.3, 0.4) is 0 Å². The van der Waals surface area contributed by atoms with Gasteiger partial charge in [0.05, 0.1) is 18.4 Å². The van der Waals surface area contributed by atoms with Crippen LogP contribution in [0, 0.1) is 25.5 Å². The van der Waals surface area contributed by atoms with Gasteiger partial charge in [-0.05, 0) is 33.0 Å². The van der Waals surface area contributed by atoms with Gasteiger partial charge in [0, 0.05) is 43.5 Å². The lowest BCUT2D eigenvalue weighted by atomic mass is 10.2. The molecule has 5 nitrogen and oxygen atoms in total. The zero-order chi connectivity index (χ0) is 18.0. The van der Waals surface area contributed by atoms with Crippen LogP contribution in [-0.2, 0) is 11.3 Å². The molecule has 1 fully saturated rings. The number of aromatic nitrogens is 2. The number of likely N-dealkylation sites (N-methyl/N-ethyl adjacent to an activating group) is 1. The summed E-state index contributed by atoms with van der Waals surface area (Å²) in [7, 11) is 2.09. The summed E-state index contributed by atoms with van der Waals surface area (Å²) in [5.41, 5.74) is 2.95. The van der Waals surface area contributed by atoms with Crippen LogP contribution in [0.4, 0.5) is 8.78 Å². The summed E-state index contributed by atoms with van der Waals surface area (Å²) in [4.78, 5) is 2.25. The van der Waals surface area contributed by atoms with Crippen LogP contribution in [0.25, 0.3) is 5.69 Å². The van der Waals surface area contributed by atoms with E-state index in [2.05, 4.69) is 22.4 Å². The minimum atomic E-state index is -0.622. The summed E-state index contributed by atoms with van der Waals surface area (Å²) in [5.74, 6) is -1.22. The lowest BCUT2D eigenvalue weighted by molar-refractivity contribution is -0.0182. The number of benzene rings is 1. The van der Waals surface area contributed by atoms with E-state index in [1.165, 1.54) is 16.8 Å². The zero-order valence-corrected chi connectivity index (χ0v) is 14.9. The number of morpholine rings is 1. The van der Waals surface area contributed by atoms with Crippen molar-refractivity contribution < 1.29 is 13.5 Å². The molecule has 0 saturated carbocycles. The summed E-state index contributed by atoms with van der Waals surface area (Å²) in [5, 5.41) is 7.83. The third-order valence-corrected chi connectivity index (χ3v) is 4.59. The van der Waals surface area contributed by atoms with Gasteiger partial charge in [-0.3, -0.25) is 0 Å². The maximum absolute atomic E-state index is 14.1. The summed E-state index contributed by atoms with van der Waals surface area (Å²) < 4.78 is 34.4. The molecule has 1 N–H and O–H groups in total. The highest BCUT2D eigenvalue weighted by molar-refractivity contribution is 5.38. The third-order valence-electron chi connectivity index (χ3n) is 4.59. The Labute approximate surface area is 146 Å². The molecule has 2 heterocycles. The largest absolute Gasteiger partial charge is 0.374 e. The van der Waals surface area contributed by atoms with Crippen molar-refractivity contribution in [3.8, 4) is 5.69 Å². The smallest absolute Gasteiger partial charge is 0.151 e. The Morgan fingerprint density at radius 1 is 1.32 bits per heavy atom. The first kappa shape index (κ1) is 18.0. The molecule has 1 atom stereocenters. The number of halogens is 2. The molecule has 0 bridgehead atoms. The summed E-state index contributed by atoms with van der Waals surface area (Å²) in [6.45, 7) is 7.79. The van der Waals surface area contributed by atoms with Crippen molar-refractivity contribution in [2.45, 2.75) is 26.5 Å². The van der Waals surface area contributed by atoms with E-state index in [1.807, 2.05) is 13.8 Å². The summed E-state index contributed by atoms with van der Waals surface area (Å²) >= 11 is 0. The van der Waals surface area contributed by atoms with Gasteiger partial charge in [0.25, 0.3) is 0 Å². The molecule has 3 rings (SSSR count). The Morgan fingerprint density at radius 2 is 2.12 bits per heavy atom. The van der Waals surface area contributed by atoms with Crippen LogP contribution in [-0.4, -0.2) is 54.1 Å². The summed E-state index contributed by atoms with van der Waals surface area (Å²) in [6, 6.07) is 3.53. The first-order chi connectivity index (χ1) is 12.0. The Bertz CT molecular complexity index is 747. The van der Waals surface area contributed by atoms with E-state index < -0.39 is 11.6 Å². The molecule has 2 aromatic rings. The van der Waals surface area contributed by atoms with Gasteiger partial charge in [-0.2, -0.15) is 5.10 Å². The second kappa shape index (κ2) is 7.59. The van der Waals surface area contributed by atoms with Crippen LogP contribution in [0.2, 0.25) is 0 Å². The van der Waals surface area contributed by atoms with Gasteiger partial charge in [0.15, 0.2) is 5.82 Å². The molecule has 0 unspecified atom stereocenters. The molecule has 136 valence electrons. The van der Waals surface area contributed by atoms with Crippen molar-refractivity contribution >= 4 is 0 Å². The molecule has 1 aliphatic rings. The number of hydrogen-bond donors (Lipinski definition) is 1. The van der Waals surface area contributed by atoms with Crippen molar-refractivity contribution in [1.29, 1.82) is 0 Å². The highest BCUT2D eigenvalue weighted by Gasteiger charge is 2.19. The monoisotopic (exact) mass is 350 g/mol. The molecular formula is C18H24F2N4O. The first-order valence-corrected chi connectivity index (χ1v) is 8.47. The Balaban J connectivity index is 1.69. The SMILES string of the molecule is Cc1nn(-c2ccc(F)cc2F)c(C)c1CNC[C@H]1CN(C)CCO1. The van der Waals surface area contributed by atoms with Crippen molar-refractivity contribution in [3.63, 3.8) is 0 Å². The number of nitrogens with one attached hydrogen (secondary N) is 1. The van der Waals surface area contributed by atoms with Gasteiger partial charge in [-0.15, -0.1) is 0 Å². The number of aryl methyl sites for hydroxylation is 1. The quantitative estimate of drug-likeness (QED) is 0.898. The molecule has 1 aromatic carbocycles. The molecule has 1 aliphatic heterocycles. The molecule has 1 aromatic heterocycles. The van der Waals surface area contributed by atoms with E-state index in [4.69, 9.17) is 4.74 Å². The number of ether oxygens (including phenoxy) is 1. The number of nitrogens with zero attached hydrogens (tertiary/aromatic N) is 3. The van der Waals surface area contributed by atoms with E-state index in [0.717, 1.165) is 49.3 Å². The fourth-order valence-corrected chi connectivity index (χ4v) is 3.17. The van der Waals surface area contributed by atoms with Gasteiger partial charge in [-0.1, -0.05) is 0 Å². The molecule has 0 radical (unpaired) electrons.